The van der Waals surface area contributed by atoms with E-state index in [9.17, 15) is 9.18 Å². The van der Waals surface area contributed by atoms with Gasteiger partial charge < -0.3 is 10.1 Å². The number of methoxy groups -OCH3 is 1. The number of ether oxygens (including phenoxy) is 1. The predicted octanol–water partition coefficient (Wildman–Crippen LogP) is 6.34. The van der Waals surface area contributed by atoms with Crippen LogP contribution in [0.15, 0.2) is 48.7 Å². The molecule has 0 saturated heterocycles. The summed E-state index contributed by atoms with van der Waals surface area (Å²) in [5, 5.41) is 4.54. The molecule has 2 aliphatic rings. The summed E-state index contributed by atoms with van der Waals surface area (Å²) in [5.41, 5.74) is 2.79. The van der Waals surface area contributed by atoms with Crippen LogP contribution in [0.25, 0.3) is 10.9 Å². The molecule has 0 radical (unpaired) electrons. The summed E-state index contributed by atoms with van der Waals surface area (Å²) >= 11 is 5.92. The van der Waals surface area contributed by atoms with Crippen LogP contribution in [0, 0.1) is 17.2 Å². The molecular weight excluding hydrogens is 415 g/mol. The molecular formula is C25H24ClFN2O2. The first-order chi connectivity index (χ1) is 15.0. The molecule has 0 bridgehead atoms. The van der Waals surface area contributed by atoms with Crippen LogP contribution in [-0.4, -0.2) is 18.0 Å². The van der Waals surface area contributed by atoms with Crippen molar-refractivity contribution in [2.24, 2.45) is 11.3 Å². The Morgan fingerprint density at radius 2 is 1.94 bits per heavy atom. The van der Waals surface area contributed by atoms with E-state index in [0.29, 0.717) is 10.9 Å². The van der Waals surface area contributed by atoms with Gasteiger partial charge in [0, 0.05) is 34.3 Å². The molecule has 31 heavy (non-hydrogen) atoms. The van der Waals surface area contributed by atoms with Crippen LogP contribution in [0.1, 0.15) is 43.6 Å². The van der Waals surface area contributed by atoms with Crippen molar-refractivity contribution in [1.29, 1.82) is 0 Å². The third-order valence-corrected chi connectivity index (χ3v) is 7.34. The van der Waals surface area contributed by atoms with E-state index in [1.54, 1.807) is 30.5 Å². The highest BCUT2D eigenvalue weighted by atomic mass is 35.5. The van der Waals surface area contributed by atoms with Crippen molar-refractivity contribution in [2.75, 3.05) is 12.4 Å². The maximum Gasteiger partial charge on any atom is 0.228 e. The molecule has 0 aliphatic heterocycles. The number of hydrogen-bond donors (Lipinski definition) is 1. The lowest BCUT2D eigenvalue weighted by Crippen LogP contribution is -2.22. The van der Waals surface area contributed by atoms with Crippen molar-refractivity contribution in [3.8, 4) is 5.75 Å². The second kappa shape index (κ2) is 7.79. The van der Waals surface area contributed by atoms with E-state index in [4.69, 9.17) is 16.3 Å². The number of anilines is 1. The summed E-state index contributed by atoms with van der Waals surface area (Å²) in [6.45, 7) is 0. The molecule has 1 atom stereocenters. The fourth-order valence-corrected chi connectivity index (χ4v) is 5.34. The minimum atomic E-state index is -0.363. The largest absolute Gasteiger partial charge is 0.494 e. The highest BCUT2D eigenvalue weighted by Gasteiger charge is 2.58. The summed E-state index contributed by atoms with van der Waals surface area (Å²) in [6, 6.07) is 12.4. The molecule has 2 aromatic carbocycles. The monoisotopic (exact) mass is 438 g/mol. The Balaban J connectivity index is 1.27. The molecule has 160 valence electrons. The molecule has 1 heterocycles. The average Bonchev–Trinajstić information content (AvgIpc) is 3.48. The molecule has 4 nitrogen and oxygen atoms in total. The number of carbonyl (C=O) groups excluding carboxylic acids is 1. The maximum absolute atomic E-state index is 14.3. The first kappa shape index (κ1) is 20.3. The second-order valence-corrected chi connectivity index (χ2v) is 9.23. The number of rotatable bonds is 4. The van der Waals surface area contributed by atoms with Gasteiger partial charge in [0.05, 0.1) is 12.6 Å². The van der Waals surface area contributed by atoms with E-state index in [0.717, 1.165) is 54.3 Å². The second-order valence-electron chi connectivity index (χ2n) is 8.79. The van der Waals surface area contributed by atoms with Gasteiger partial charge in [-0.2, -0.15) is 0 Å². The summed E-state index contributed by atoms with van der Waals surface area (Å²) in [5.74, 6) is 0.374. The van der Waals surface area contributed by atoms with Gasteiger partial charge in [-0.15, -0.1) is 0 Å². The van der Waals surface area contributed by atoms with E-state index >= 15 is 0 Å². The molecule has 2 fully saturated rings. The number of hydrogen-bond acceptors (Lipinski definition) is 3. The zero-order chi connectivity index (χ0) is 21.6. The Morgan fingerprint density at radius 3 is 2.65 bits per heavy atom. The van der Waals surface area contributed by atoms with Gasteiger partial charge in [0.2, 0.25) is 5.91 Å². The predicted molar refractivity (Wildman–Crippen MR) is 120 cm³/mol. The topological polar surface area (TPSA) is 51.2 Å². The minimum absolute atomic E-state index is 0.0695. The molecule has 1 N–H and O–H groups in total. The molecule has 1 amide bonds. The quantitative estimate of drug-likeness (QED) is 0.517. The summed E-state index contributed by atoms with van der Waals surface area (Å²) in [6.07, 6.45) is 6.76. The van der Waals surface area contributed by atoms with Crippen LogP contribution in [0.3, 0.4) is 0 Å². The number of carbonyl (C=O) groups is 1. The van der Waals surface area contributed by atoms with E-state index in [2.05, 4.69) is 10.3 Å². The molecule has 6 heteroatoms. The van der Waals surface area contributed by atoms with Gasteiger partial charge in [-0.25, -0.2) is 4.39 Å². The average molecular weight is 439 g/mol. The maximum atomic E-state index is 14.3. The third kappa shape index (κ3) is 3.76. The van der Waals surface area contributed by atoms with Crippen molar-refractivity contribution < 1.29 is 13.9 Å². The van der Waals surface area contributed by atoms with Crippen LogP contribution in [0.5, 0.6) is 5.75 Å². The van der Waals surface area contributed by atoms with E-state index < -0.39 is 0 Å². The lowest BCUT2D eigenvalue weighted by Gasteiger charge is -2.30. The van der Waals surface area contributed by atoms with Crippen LogP contribution in [-0.2, 0) is 4.79 Å². The lowest BCUT2D eigenvalue weighted by atomic mass is 9.75. The standard InChI is InChI=1S/C25H24ClFN2O2/c1-31-23-13-22-19(12-21(23)27)18(8-11-28-22)15-6-9-25(10-7-15)14-20(25)24(30)29-17-4-2-16(26)3-5-17/h2-5,8,11-13,15,20H,6-7,9-10,14H2,1H3,(H,29,30)/t15-,20-,25+/m0/s1. The number of nitrogens with one attached hydrogen (secondary N) is 1. The highest BCUT2D eigenvalue weighted by Crippen LogP contribution is 2.63. The lowest BCUT2D eigenvalue weighted by molar-refractivity contribution is -0.118. The van der Waals surface area contributed by atoms with Crippen molar-refractivity contribution >= 4 is 34.1 Å². The molecule has 2 saturated carbocycles. The van der Waals surface area contributed by atoms with E-state index in [-0.39, 0.29) is 28.8 Å². The van der Waals surface area contributed by atoms with Gasteiger partial charge in [-0.3, -0.25) is 9.78 Å². The van der Waals surface area contributed by atoms with E-state index in [1.165, 1.54) is 7.11 Å². The summed E-state index contributed by atoms with van der Waals surface area (Å²) in [7, 11) is 1.46. The van der Waals surface area contributed by atoms with Crippen LogP contribution >= 0.6 is 11.6 Å². The first-order valence-corrected chi connectivity index (χ1v) is 11.1. The highest BCUT2D eigenvalue weighted by molar-refractivity contribution is 6.30. The van der Waals surface area contributed by atoms with Gasteiger partial charge in [-0.05, 0) is 85.4 Å². The van der Waals surface area contributed by atoms with Gasteiger partial charge in [-0.1, -0.05) is 11.6 Å². The Kier molecular flexibility index (Phi) is 5.09. The number of halogens is 2. The molecule has 3 aromatic rings. The number of benzene rings is 2. The van der Waals surface area contributed by atoms with Crippen molar-refractivity contribution in [3.63, 3.8) is 0 Å². The number of fused-ring (bicyclic) bond motifs is 1. The zero-order valence-corrected chi connectivity index (χ0v) is 18.1. The molecule has 2 aliphatic carbocycles. The SMILES string of the molecule is COc1cc2nccc([C@H]3CC[C@@]4(CC3)C[C@H]4C(=O)Nc3ccc(Cl)cc3)c2cc1F. The van der Waals surface area contributed by atoms with Gasteiger partial charge in [0.1, 0.15) is 0 Å². The number of aromatic nitrogens is 1. The van der Waals surface area contributed by atoms with Gasteiger partial charge in [0.25, 0.3) is 0 Å². The van der Waals surface area contributed by atoms with Crippen molar-refractivity contribution in [2.45, 2.75) is 38.0 Å². The Labute approximate surface area is 185 Å². The fraction of sp³-hybridized carbons (Fsp3) is 0.360. The van der Waals surface area contributed by atoms with Gasteiger partial charge >= 0.3 is 0 Å². The molecule has 5 rings (SSSR count). The van der Waals surface area contributed by atoms with Crippen LogP contribution in [0.4, 0.5) is 10.1 Å². The molecule has 0 unspecified atom stereocenters. The van der Waals surface area contributed by atoms with Crippen LogP contribution in [0.2, 0.25) is 5.02 Å². The number of pyridine rings is 1. The molecule has 1 aromatic heterocycles. The Bertz CT molecular complexity index is 1140. The summed E-state index contributed by atoms with van der Waals surface area (Å²) < 4.78 is 19.4. The number of amides is 1. The summed E-state index contributed by atoms with van der Waals surface area (Å²) in [4.78, 5) is 17.2. The smallest absolute Gasteiger partial charge is 0.228 e. The Hall–Kier alpha value is -2.66. The van der Waals surface area contributed by atoms with Gasteiger partial charge in [0.15, 0.2) is 11.6 Å². The van der Waals surface area contributed by atoms with E-state index in [1.807, 2.05) is 18.2 Å². The zero-order valence-electron chi connectivity index (χ0n) is 17.3. The minimum Gasteiger partial charge on any atom is -0.494 e. The van der Waals surface area contributed by atoms with Crippen LogP contribution < -0.4 is 10.1 Å². The normalized spacial score (nSPS) is 24.9. The third-order valence-electron chi connectivity index (χ3n) is 7.09. The molecule has 1 spiro atoms. The van der Waals surface area contributed by atoms with Crippen molar-refractivity contribution in [1.82, 2.24) is 4.98 Å². The Morgan fingerprint density at radius 1 is 1.19 bits per heavy atom. The van der Waals surface area contributed by atoms with Crippen molar-refractivity contribution in [3.05, 3.63) is 65.1 Å². The first-order valence-electron chi connectivity index (χ1n) is 10.7. The fourth-order valence-electron chi connectivity index (χ4n) is 5.22. The number of nitrogens with zero attached hydrogens (tertiary/aromatic N) is 1.